The van der Waals surface area contributed by atoms with Gasteiger partial charge in [-0.2, -0.15) is 0 Å². The van der Waals surface area contributed by atoms with Crippen LogP contribution >= 0.6 is 0 Å². The molecule has 0 bridgehead atoms. The fourth-order valence-electron chi connectivity index (χ4n) is 8.51. The van der Waals surface area contributed by atoms with Crippen LogP contribution in [0.1, 0.15) is 45.8 Å². The molecule has 2 heterocycles. The number of hydrogen-bond acceptors (Lipinski definition) is 3. The van der Waals surface area contributed by atoms with Crippen LogP contribution < -0.4 is 10.6 Å². The van der Waals surface area contributed by atoms with Crippen LogP contribution in [0, 0.1) is 0 Å². The van der Waals surface area contributed by atoms with Gasteiger partial charge in [-0.25, -0.2) is 4.99 Å². The number of benzene rings is 7. The topological polar surface area (TPSA) is 41.4 Å². The largest absolute Gasteiger partial charge is 0.350 e. The summed E-state index contributed by atoms with van der Waals surface area (Å²) < 4.78 is 2.47. The molecule has 2 N–H and O–H groups in total. The molecule has 1 aromatic heterocycles. The third kappa shape index (κ3) is 4.19. The van der Waals surface area contributed by atoms with Crippen molar-refractivity contribution < 1.29 is 0 Å². The number of para-hydroxylation sites is 1. The predicted octanol–water partition coefficient (Wildman–Crippen LogP) is 9.95. The minimum atomic E-state index is -0.558. The number of aromatic nitrogens is 1. The van der Waals surface area contributed by atoms with E-state index in [-0.39, 0.29) is 6.17 Å². The average molecular weight is 643 g/mol. The van der Waals surface area contributed by atoms with Gasteiger partial charge in [0, 0.05) is 21.9 Å². The number of aliphatic imine (C=N–C) groups is 1. The van der Waals surface area contributed by atoms with E-state index >= 15 is 0 Å². The summed E-state index contributed by atoms with van der Waals surface area (Å²) in [6.45, 7) is 0. The lowest BCUT2D eigenvalue weighted by Crippen LogP contribution is -2.46. The second-order valence-electron chi connectivity index (χ2n) is 13.2. The van der Waals surface area contributed by atoms with E-state index in [0.29, 0.717) is 0 Å². The van der Waals surface area contributed by atoms with Crippen molar-refractivity contribution in [3.8, 4) is 11.1 Å². The van der Waals surface area contributed by atoms with Crippen LogP contribution in [-0.4, -0.2) is 10.4 Å². The molecule has 0 fully saturated rings. The average Bonchev–Trinajstić information content (AvgIpc) is 3.70. The molecule has 2 atom stereocenters. The Morgan fingerprint density at radius 1 is 0.520 bits per heavy atom. The van der Waals surface area contributed by atoms with E-state index in [1.165, 1.54) is 49.7 Å². The Morgan fingerprint density at radius 3 is 1.84 bits per heavy atom. The van der Waals surface area contributed by atoms with Crippen LogP contribution in [0.4, 0.5) is 0 Å². The summed E-state index contributed by atoms with van der Waals surface area (Å²) >= 11 is 0. The van der Waals surface area contributed by atoms with Crippen molar-refractivity contribution in [2.75, 3.05) is 0 Å². The number of nitrogens with one attached hydrogen (secondary N) is 2. The zero-order chi connectivity index (χ0) is 33.1. The van der Waals surface area contributed by atoms with E-state index in [0.717, 1.165) is 22.5 Å². The van der Waals surface area contributed by atoms with E-state index in [2.05, 4.69) is 197 Å². The summed E-state index contributed by atoms with van der Waals surface area (Å²) in [5, 5.41) is 10.1. The van der Waals surface area contributed by atoms with Crippen LogP contribution in [-0.2, 0) is 5.41 Å². The molecular weight excluding hydrogens is 609 g/mol. The monoisotopic (exact) mass is 642 g/mol. The van der Waals surface area contributed by atoms with Gasteiger partial charge in [0.2, 0.25) is 0 Å². The number of rotatable bonds is 5. The van der Waals surface area contributed by atoms with Gasteiger partial charge >= 0.3 is 0 Å². The highest BCUT2D eigenvalue weighted by atomic mass is 15.4. The summed E-state index contributed by atoms with van der Waals surface area (Å²) in [4.78, 5) is 5.50. The Morgan fingerprint density at radius 2 is 1.12 bits per heavy atom. The third-order valence-electron chi connectivity index (χ3n) is 10.6. The van der Waals surface area contributed by atoms with Crippen LogP contribution in [0.25, 0.3) is 32.9 Å². The van der Waals surface area contributed by atoms with Gasteiger partial charge in [-0.05, 0) is 39.4 Å². The standard InChI is InChI=1S/C46H34N4/c1-5-17-31(18-6-1)43-47-44(32-19-7-2-8-20-32)49-45(48-43)50-40-28-16-14-26-36(40)38-30-29-37-35-25-13-15-27-39(35)46(41(37)42(38)50,33-21-9-3-10-22-33)34-23-11-4-12-24-34/h1-30,43,45,48H,(H,47,49). The van der Waals surface area contributed by atoms with Gasteiger partial charge in [-0.15, -0.1) is 0 Å². The highest BCUT2D eigenvalue weighted by Gasteiger charge is 2.48. The van der Waals surface area contributed by atoms with Gasteiger partial charge in [0.05, 0.1) is 16.4 Å². The first-order valence-electron chi connectivity index (χ1n) is 17.3. The van der Waals surface area contributed by atoms with E-state index in [1.807, 2.05) is 0 Å². The number of hydrogen-bond donors (Lipinski definition) is 2. The lowest BCUT2D eigenvalue weighted by molar-refractivity contribution is 0.341. The first-order chi connectivity index (χ1) is 24.8. The Bertz CT molecular complexity index is 2500. The van der Waals surface area contributed by atoms with E-state index in [9.17, 15) is 0 Å². The minimum absolute atomic E-state index is 0.160. The molecule has 4 nitrogen and oxygen atoms in total. The Balaban J connectivity index is 1.34. The van der Waals surface area contributed by atoms with E-state index < -0.39 is 11.7 Å². The normalized spacial score (nSPS) is 17.6. The third-order valence-corrected chi connectivity index (χ3v) is 10.6. The smallest absolute Gasteiger partial charge is 0.184 e. The van der Waals surface area contributed by atoms with Crippen LogP contribution in [0.2, 0.25) is 0 Å². The van der Waals surface area contributed by atoms with Crippen molar-refractivity contribution in [3.05, 3.63) is 215 Å². The van der Waals surface area contributed by atoms with Gasteiger partial charge in [-0.3, -0.25) is 5.32 Å². The molecule has 0 spiro atoms. The maximum atomic E-state index is 5.50. The highest BCUT2D eigenvalue weighted by Crippen LogP contribution is 2.59. The number of amidine groups is 1. The molecule has 1 aliphatic heterocycles. The maximum Gasteiger partial charge on any atom is 0.184 e. The molecular formula is C46H34N4. The van der Waals surface area contributed by atoms with Crippen LogP contribution in [0.15, 0.2) is 187 Å². The molecule has 1 aliphatic carbocycles. The first-order valence-corrected chi connectivity index (χ1v) is 17.3. The summed E-state index contributed by atoms with van der Waals surface area (Å²) in [5.74, 6) is 0.863. The minimum Gasteiger partial charge on any atom is -0.350 e. The van der Waals surface area contributed by atoms with Gasteiger partial charge in [0.25, 0.3) is 0 Å². The molecule has 0 amide bonds. The number of fused-ring (bicyclic) bond motifs is 7. The second kappa shape index (κ2) is 11.4. The summed E-state index contributed by atoms with van der Waals surface area (Å²) in [6, 6.07) is 65.6. The number of nitrogens with zero attached hydrogens (tertiary/aromatic N) is 2. The molecule has 238 valence electrons. The van der Waals surface area contributed by atoms with Crippen molar-refractivity contribution in [2.45, 2.75) is 17.9 Å². The van der Waals surface area contributed by atoms with Crippen molar-refractivity contribution in [3.63, 3.8) is 0 Å². The van der Waals surface area contributed by atoms with Crippen molar-refractivity contribution in [2.24, 2.45) is 4.99 Å². The summed E-state index contributed by atoms with van der Waals surface area (Å²) in [7, 11) is 0. The maximum absolute atomic E-state index is 5.50. The highest BCUT2D eigenvalue weighted by molar-refractivity contribution is 6.13. The molecule has 0 radical (unpaired) electrons. The SMILES string of the molecule is c1ccc(C2=NC(n3c4ccccc4c4ccc5c(c43)C(c3ccccc3)(c3ccccc3)c3ccccc3-5)NC(c3ccccc3)N2)cc1. The Kier molecular flexibility index (Phi) is 6.58. The van der Waals surface area contributed by atoms with Crippen LogP contribution in [0.5, 0.6) is 0 Å². The molecule has 0 saturated carbocycles. The van der Waals surface area contributed by atoms with E-state index in [1.54, 1.807) is 0 Å². The molecule has 8 aromatic rings. The van der Waals surface area contributed by atoms with Gasteiger partial charge in [0.15, 0.2) is 6.29 Å². The molecule has 10 rings (SSSR count). The predicted molar refractivity (Wildman–Crippen MR) is 204 cm³/mol. The lowest BCUT2D eigenvalue weighted by Gasteiger charge is -2.36. The zero-order valence-electron chi connectivity index (χ0n) is 27.4. The second-order valence-corrected chi connectivity index (χ2v) is 13.2. The molecule has 4 heteroatoms. The Hall–Kier alpha value is -6.23. The summed E-state index contributed by atoms with van der Waals surface area (Å²) in [5.41, 5.74) is 11.6. The van der Waals surface area contributed by atoms with Crippen molar-refractivity contribution >= 4 is 27.6 Å². The van der Waals surface area contributed by atoms with Crippen molar-refractivity contribution in [1.82, 2.24) is 15.2 Å². The zero-order valence-corrected chi connectivity index (χ0v) is 27.4. The molecule has 7 aromatic carbocycles. The van der Waals surface area contributed by atoms with Gasteiger partial charge in [-0.1, -0.05) is 176 Å². The fraction of sp³-hybridized carbons (Fsp3) is 0.0652. The van der Waals surface area contributed by atoms with Crippen LogP contribution in [0.3, 0.4) is 0 Å². The van der Waals surface area contributed by atoms with Gasteiger partial charge < -0.3 is 9.88 Å². The molecule has 50 heavy (non-hydrogen) atoms. The summed E-state index contributed by atoms with van der Waals surface area (Å²) in [6.07, 6.45) is -0.564. The molecule has 2 aliphatic rings. The van der Waals surface area contributed by atoms with E-state index in [4.69, 9.17) is 4.99 Å². The quantitative estimate of drug-likeness (QED) is 0.196. The van der Waals surface area contributed by atoms with Gasteiger partial charge in [0.1, 0.15) is 12.0 Å². The molecule has 2 unspecified atom stereocenters. The first kappa shape index (κ1) is 28.8. The Labute approximate surface area is 291 Å². The molecule has 0 saturated heterocycles. The fourth-order valence-corrected chi connectivity index (χ4v) is 8.51. The lowest BCUT2D eigenvalue weighted by atomic mass is 9.67. The van der Waals surface area contributed by atoms with Crippen molar-refractivity contribution in [1.29, 1.82) is 0 Å².